The van der Waals surface area contributed by atoms with Gasteiger partial charge in [-0.2, -0.15) is 11.8 Å². The van der Waals surface area contributed by atoms with E-state index in [9.17, 15) is 9.59 Å². The average molecular weight is 328 g/mol. The van der Waals surface area contributed by atoms with E-state index < -0.39 is 0 Å². The third kappa shape index (κ3) is 3.65. The van der Waals surface area contributed by atoms with Crippen LogP contribution in [0.25, 0.3) is 0 Å². The van der Waals surface area contributed by atoms with Gasteiger partial charge in [-0.3, -0.25) is 9.59 Å². The lowest BCUT2D eigenvalue weighted by molar-refractivity contribution is -0.118. The molecular weight excluding hydrogens is 312 g/mol. The van der Waals surface area contributed by atoms with Crippen LogP contribution in [0.1, 0.15) is 15.9 Å². The van der Waals surface area contributed by atoms with Crippen molar-refractivity contribution < 1.29 is 14.3 Å². The molecule has 0 spiro atoms. The first-order chi connectivity index (χ1) is 11.2. The van der Waals surface area contributed by atoms with Crippen LogP contribution in [0.3, 0.4) is 0 Å². The molecule has 0 saturated carbocycles. The first-order valence-electron chi connectivity index (χ1n) is 7.11. The molecule has 5 nitrogen and oxygen atoms in total. The summed E-state index contributed by atoms with van der Waals surface area (Å²) in [6, 6.07) is 12.7. The molecular formula is C17H16N2O3S. The number of fused-ring (bicyclic) bond motifs is 1. The lowest BCUT2D eigenvalue weighted by atomic mass is 10.1. The Kier molecular flexibility index (Phi) is 4.52. The molecule has 1 aliphatic rings. The van der Waals surface area contributed by atoms with E-state index in [-0.39, 0.29) is 18.4 Å². The van der Waals surface area contributed by atoms with Gasteiger partial charge in [-0.1, -0.05) is 12.1 Å². The van der Waals surface area contributed by atoms with Gasteiger partial charge in [-0.15, -0.1) is 0 Å². The van der Waals surface area contributed by atoms with Gasteiger partial charge in [0, 0.05) is 17.0 Å². The van der Waals surface area contributed by atoms with Gasteiger partial charge >= 0.3 is 0 Å². The number of hydrogen-bond acceptors (Lipinski definition) is 4. The van der Waals surface area contributed by atoms with Crippen molar-refractivity contribution in [1.29, 1.82) is 0 Å². The Labute approximate surface area is 138 Å². The number of hydrogen-bond donors (Lipinski definition) is 2. The predicted octanol–water partition coefficient (Wildman–Crippen LogP) is 3.13. The van der Waals surface area contributed by atoms with E-state index >= 15 is 0 Å². The lowest BCUT2D eigenvalue weighted by Crippen LogP contribution is -2.25. The molecule has 0 aliphatic carbocycles. The van der Waals surface area contributed by atoms with Crippen molar-refractivity contribution in [2.45, 2.75) is 5.75 Å². The zero-order valence-corrected chi connectivity index (χ0v) is 13.4. The Bertz CT molecular complexity index is 744. The minimum atomic E-state index is -0.203. The Hall–Kier alpha value is -2.47. The Morgan fingerprint density at radius 3 is 2.78 bits per heavy atom. The molecule has 0 radical (unpaired) electrons. The number of amides is 2. The van der Waals surface area contributed by atoms with Gasteiger partial charge in [0.05, 0.1) is 5.69 Å². The summed E-state index contributed by atoms with van der Waals surface area (Å²) >= 11 is 1.74. The van der Waals surface area contributed by atoms with Crippen molar-refractivity contribution in [2.75, 3.05) is 23.5 Å². The van der Waals surface area contributed by atoms with E-state index in [0.717, 1.165) is 5.75 Å². The van der Waals surface area contributed by atoms with Crippen LogP contribution in [0.15, 0.2) is 42.5 Å². The van der Waals surface area contributed by atoms with Gasteiger partial charge in [0.15, 0.2) is 6.61 Å². The summed E-state index contributed by atoms with van der Waals surface area (Å²) in [7, 11) is 0. The van der Waals surface area contributed by atoms with Crippen molar-refractivity contribution in [1.82, 2.24) is 0 Å². The molecule has 2 aromatic rings. The molecule has 3 rings (SSSR count). The summed E-state index contributed by atoms with van der Waals surface area (Å²) in [5, 5.41) is 5.54. The van der Waals surface area contributed by atoms with Crippen LogP contribution in [-0.2, 0) is 10.5 Å². The molecule has 6 heteroatoms. The van der Waals surface area contributed by atoms with Crippen molar-refractivity contribution in [2.24, 2.45) is 0 Å². The normalized spacial score (nSPS) is 12.8. The second-order valence-electron chi connectivity index (χ2n) is 5.13. The van der Waals surface area contributed by atoms with Crippen LogP contribution in [-0.4, -0.2) is 24.7 Å². The summed E-state index contributed by atoms with van der Waals surface area (Å²) in [5.74, 6) is 1.13. The highest BCUT2D eigenvalue weighted by Crippen LogP contribution is 2.30. The van der Waals surface area contributed by atoms with E-state index in [4.69, 9.17) is 4.74 Å². The molecule has 23 heavy (non-hydrogen) atoms. The van der Waals surface area contributed by atoms with Crippen LogP contribution in [0.2, 0.25) is 0 Å². The molecule has 0 fully saturated rings. The van der Waals surface area contributed by atoms with Gasteiger partial charge in [0.2, 0.25) is 0 Å². The smallest absolute Gasteiger partial charge is 0.262 e. The third-order valence-corrected chi connectivity index (χ3v) is 4.02. The van der Waals surface area contributed by atoms with Gasteiger partial charge in [-0.05, 0) is 42.2 Å². The topological polar surface area (TPSA) is 67.4 Å². The Balaban J connectivity index is 1.72. The summed E-state index contributed by atoms with van der Waals surface area (Å²) in [4.78, 5) is 23.6. The van der Waals surface area contributed by atoms with E-state index in [1.807, 2.05) is 30.5 Å². The molecule has 0 atom stereocenters. The fourth-order valence-electron chi connectivity index (χ4n) is 2.28. The summed E-state index contributed by atoms with van der Waals surface area (Å²) in [6.45, 7) is 0.0150. The van der Waals surface area contributed by atoms with E-state index in [2.05, 4.69) is 10.6 Å². The van der Waals surface area contributed by atoms with Gasteiger partial charge in [0.25, 0.3) is 11.8 Å². The SMILES string of the molecule is CSCc1ccc(C(=O)Nc2ccc3c(c2)NC(=O)CO3)cc1. The van der Waals surface area contributed by atoms with Crippen molar-refractivity contribution in [3.05, 3.63) is 53.6 Å². The van der Waals surface area contributed by atoms with Crippen LogP contribution >= 0.6 is 11.8 Å². The number of nitrogens with one attached hydrogen (secondary N) is 2. The van der Waals surface area contributed by atoms with Crippen LogP contribution in [0.4, 0.5) is 11.4 Å². The zero-order chi connectivity index (χ0) is 16.2. The van der Waals surface area contributed by atoms with Gasteiger partial charge in [0.1, 0.15) is 5.75 Å². The molecule has 1 heterocycles. The fraction of sp³-hybridized carbons (Fsp3) is 0.176. The second-order valence-corrected chi connectivity index (χ2v) is 6.00. The number of anilines is 2. The number of carbonyl (C=O) groups excluding carboxylic acids is 2. The molecule has 2 N–H and O–H groups in total. The molecule has 2 aromatic carbocycles. The summed E-state index contributed by atoms with van der Waals surface area (Å²) < 4.78 is 5.29. The highest BCUT2D eigenvalue weighted by molar-refractivity contribution is 7.97. The van der Waals surface area contributed by atoms with Gasteiger partial charge in [-0.25, -0.2) is 0 Å². The lowest BCUT2D eigenvalue weighted by Gasteiger charge is -2.18. The standard InChI is InChI=1S/C17H16N2O3S/c1-23-10-11-2-4-12(5-3-11)17(21)18-13-6-7-15-14(8-13)19-16(20)9-22-15/h2-8H,9-10H2,1H3,(H,18,21)(H,19,20). The van der Waals surface area contributed by atoms with Crippen LogP contribution < -0.4 is 15.4 Å². The molecule has 0 unspecified atom stereocenters. The summed E-state index contributed by atoms with van der Waals surface area (Å²) in [6.07, 6.45) is 2.04. The molecule has 0 bridgehead atoms. The van der Waals surface area contributed by atoms with Crippen molar-refractivity contribution >= 4 is 35.0 Å². The number of ether oxygens (including phenoxy) is 1. The molecule has 118 valence electrons. The predicted molar refractivity (Wildman–Crippen MR) is 92.2 cm³/mol. The monoisotopic (exact) mass is 328 g/mol. The number of rotatable bonds is 4. The Morgan fingerprint density at radius 2 is 2.04 bits per heavy atom. The highest BCUT2D eigenvalue weighted by Gasteiger charge is 2.16. The third-order valence-electron chi connectivity index (χ3n) is 3.40. The zero-order valence-electron chi connectivity index (χ0n) is 12.6. The van der Waals surface area contributed by atoms with Crippen LogP contribution in [0.5, 0.6) is 5.75 Å². The Morgan fingerprint density at radius 1 is 1.26 bits per heavy atom. The van der Waals surface area contributed by atoms with E-state index in [0.29, 0.717) is 22.7 Å². The average Bonchev–Trinajstić information content (AvgIpc) is 2.55. The number of benzene rings is 2. The summed E-state index contributed by atoms with van der Waals surface area (Å²) in [5.41, 5.74) is 2.94. The minimum Gasteiger partial charge on any atom is -0.482 e. The number of carbonyl (C=O) groups is 2. The second kappa shape index (κ2) is 6.75. The van der Waals surface area contributed by atoms with Crippen molar-refractivity contribution in [3.63, 3.8) is 0 Å². The van der Waals surface area contributed by atoms with E-state index in [1.165, 1.54) is 5.56 Å². The quantitative estimate of drug-likeness (QED) is 0.905. The first kappa shape index (κ1) is 15.4. The van der Waals surface area contributed by atoms with Crippen molar-refractivity contribution in [3.8, 4) is 5.75 Å². The van der Waals surface area contributed by atoms with E-state index in [1.54, 1.807) is 30.0 Å². The van der Waals surface area contributed by atoms with Gasteiger partial charge < -0.3 is 15.4 Å². The highest BCUT2D eigenvalue weighted by atomic mass is 32.2. The molecule has 0 saturated heterocycles. The number of thioether (sulfide) groups is 1. The minimum absolute atomic E-state index is 0.0150. The molecule has 2 amide bonds. The van der Waals surface area contributed by atoms with Crippen LogP contribution in [0, 0.1) is 0 Å². The maximum absolute atomic E-state index is 12.3. The maximum atomic E-state index is 12.3. The molecule has 1 aliphatic heterocycles. The largest absolute Gasteiger partial charge is 0.482 e. The maximum Gasteiger partial charge on any atom is 0.262 e. The fourth-order valence-corrected chi connectivity index (χ4v) is 2.81. The first-order valence-corrected chi connectivity index (χ1v) is 8.51. The molecule has 0 aromatic heterocycles.